The van der Waals surface area contributed by atoms with E-state index in [1.165, 1.54) is 0 Å². The normalized spacial score (nSPS) is 12.3. The zero-order valence-corrected chi connectivity index (χ0v) is 14.4. The van der Waals surface area contributed by atoms with Gasteiger partial charge in [-0.1, -0.05) is 52.0 Å². The molecule has 0 fully saturated rings. The van der Waals surface area contributed by atoms with Crippen molar-refractivity contribution in [2.45, 2.75) is 27.7 Å². The first-order chi connectivity index (χ1) is 11.4. The Bertz CT molecular complexity index is 507. The number of fused-ring (bicyclic) bond motifs is 2. The minimum Gasteiger partial charge on any atom is -0.486 e. The van der Waals surface area contributed by atoms with Gasteiger partial charge in [0.2, 0.25) is 6.79 Å². The summed E-state index contributed by atoms with van der Waals surface area (Å²) in [6, 6.07) is 15.3. The molecule has 4 rings (SSSR count). The summed E-state index contributed by atoms with van der Waals surface area (Å²) in [5.41, 5.74) is 0. The number of benzene rings is 2. The zero-order valence-electron chi connectivity index (χ0n) is 14.4. The Morgan fingerprint density at radius 3 is 1.17 bits per heavy atom. The fourth-order valence-corrected chi connectivity index (χ4v) is 1.84. The van der Waals surface area contributed by atoms with Gasteiger partial charge >= 0.3 is 0 Å². The van der Waals surface area contributed by atoms with Crippen LogP contribution in [0.15, 0.2) is 48.5 Å². The van der Waals surface area contributed by atoms with Gasteiger partial charge in [-0.2, -0.15) is 0 Å². The van der Waals surface area contributed by atoms with E-state index in [0.29, 0.717) is 20.0 Å². The van der Waals surface area contributed by atoms with Crippen LogP contribution in [-0.2, 0) is 0 Å². The van der Waals surface area contributed by atoms with E-state index < -0.39 is 0 Å². The van der Waals surface area contributed by atoms with Gasteiger partial charge in [-0.3, -0.25) is 0 Å². The van der Waals surface area contributed by atoms with Gasteiger partial charge in [0.25, 0.3) is 0 Å². The molecule has 0 aliphatic carbocycles. The van der Waals surface area contributed by atoms with E-state index in [4.69, 9.17) is 18.9 Å². The van der Waals surface area contributed by atoms with Gasteiger partial charge in [0, 0.05) is 0 Å². The van der Waals surface area contributed by atoms with Crippen molar-refractivity contribution in [1.82, 2.24) is 0 Å². The topological polar surface area (TPSA) is 36.9 Å². The minimum atomic E-state index is 0.360. The lowest BCUT2D eigenvalue weighted by atomic mass is 10.3. The third kappa shape index (κ3) is 5.74. The maximum absolute atomic E-state index is 5.30. The monoisotopic (exact) mass is 318 g/mol. The second kappa shape index (κ2) is 11.2. The molecule has 0 atom stereocenters. The average Bonchev–Trinajstić information content (AvgIpc) is 3.14. The van der Waals surface area contributed by atoms with Gasteiger partial charge in [-0.05, 0) is 24.3 Å². The molecule has 0 aromatic heterocycles. The van der Waals surface area contributed by atoms with Crippen molar-refractivity contribution >= 4 is 0 Å². The van der Waals surface area contributed by atoms with E-state index in [1.807, 2.05) is 76.2 Å². The Morgan fingerprint density at radius 2 is 0.826 bits per heavy atom. The van der Waals surface area contributed by atoms with E-state index >= 15 is 0 Å². The number of rotatable bonds is 0. The van der Waals surface area contributed by atoms with Gasteiger partial charge in [-0.15, -0.1) is 0 Å². The molecule has 0 saturated heterocycles. The first-order valence-corrected chi connectivity index (χ1v) is 8.13. The molecule has 0 N–H and O–H groups in total. The van der Waals surface area contributed by atoms with Crippen LogP contribution in [0.2, 0.25) is 0 Å². The average molecular weight is 318 g/mol. The molecule has 2 aliphatic heterocycles. The van der Waals surface area contributed by atoms with E-state index in [-0.39, 0.29) is 0 Å². The highest BCUT2D eigenvalue weighted by Crippen LogP contribution is 2.30. The fraction of sp³-hybridized carbons (Fsp3) is 0.368. The largest absolute Gasteiger partial charge is 0.486 e. The van der Waals surface area contributed by atoms with Crippen LogP contribution in [0, 0.1) is 0 Å². The van der Waals surface area contributed by atoms with E-state index in [1.54, 1.807) is 0 Å². The first-order valence-electron chi connectivity index (χ1n) is 8.13. The SMILES string of the molecule is CC.CC.c1ccc2c(c1)OCCO2.c1ccc2c(c1)OCO2. The van der Waals surface area contributed by atoms with Crippen molar-refractivity contribution < 1.29 is 18.9 Å². The molecular weight excluding hydrogens is 292 g/mol. The van der Waals surface area contributed by atoms with Crippen molar-refractivity contribution in [3.8, 4) is 23.0 Å². The molecule has 126 valence electrons. The molecule has 2 aromatic rings. The molecule has 0 spiro atoms. The lowest BCUT2D eigenvalue weighted by Crippen LogP contribution is -2.14. The second-order valence-corrected chi connectivity index (χ2v) is 4.00. The quantitative estimate of drug-likeness (QED) is 0.690. The molecule has 4 heteroatoms. The van der Waals surface area contributed by atoms with E-state index in [9.17, 15) is 0 Å². The van der Waals surface area contributed by atoms with Crippen LogP contribution >= 0.6 is 0 Å². The smallest absolute Gasteiger partial charge is 0.231 e. The number of hydrogen-bond acceptors (Lipinski definition) is 4. The van der Waals surface area contributed by atoms with Crippen LogP contribution < -0.4 is 18.9 Å². The predicted octanol–water partition coefficient (Wildman–Crippen LogP) is 4.93. The maximum atomic E-state index is 5.30. The number of hydrogen-bond donors (Lipinski definition) is 0. The predicted molar refractivity (Wildman–Crippen MR) is 92.7 cm³/mol. The Balaban J connectivity index is 0.000000190. The van der Waals surface area contributed by atoms with Gasteiger partial charge in [0.05, 0.1) is 0 Å². The Morgan fingerprint density at radius 1 is 0.522 bits per heavy atom. The molecule has 0 bridgehead atoms. The Hall–Kier alpha value is -2.36. The maximum Gasteiger partial charge on any atom is 0.231 e. The molecule has 0 radical (unpaired) electrons. The van der Waals surface area contributed by atoms with Crippen molar-refractivity contribution in [1.29, 1.82) is 0 Å². The lowest BCUT2D eigenvalue weighted by Gasteiger charge is -2.17. The van der Waals surface area contributed by atoms with Crippen LogP contribution in [0.3, 0.4) is 0 Å². The first kappa shape index (κ1) is 18.7. The summed E-state index contributed by atoms with van der Waals surface area (Å²) in [5.74, 6) is 3.40. The Kier molecular flexibility index (Phi) is 9.13. The highest BCUT2D eigenvalue weighted by molar-refractivity contribution is 5.41. The van der Waals surface area contributed by atoms with E-state index in [0.717, 1.165) is 23.0 Å². The number of para-hydroxylation sites is 4. The summed E-state index contributed by atoms with van der Waals surface area (Å²) in [6.07, 6.45) is 0. The van der Waals surface area contributed by atoms with Crippen LogP contribution in [0.4, 0.5) is 0 Å². The van der Waals surface area contributed by atoms with Crippen LogP contribution in [-0.4, -0.2) is 20.0 Å². The second-order valence-electron chi connectivity index (χ2n) is 4.00. The highest BCUT2D eigenvalue weighted by Gasteiger charge is 2.09. The molecule has 23 heavy (non-hydrogen) atoms. The molecule has 2 aliphatic rings. The molecule has 0 saturated carbocycles. The van der Waals surface area contributed by atoms with Crippen LogP contribution in [0.5, 0.6) is 23.0 Å². The summed E-state index contributed by atoms with van der Waals surface area (Å²) in [6.45, 7) is 9.69. The molecular formula is C19H26O4. The van der Waals surface area contributed by atoms with Crippen LogP contribution in [0.25, 0.3) is 0 Å². The number of ether oxygens (including phenoxy) is 4. The van der Waals surface area contributed by atoms with Crippen molar-refractivity contribution in [3.05, 3.63) is 48.5 Å². The summed E-state index contributed by atoms with van der Waals surface area (Å²) in [4.78, 5) is 0. The third-order valence-corrected chi connectivity index (χ3v) is 2.73. The minimum absolute atomic E-state index is 0.360. The van der Waals surface area contributed by atoms with Crippen molar-refractivity contribution in [2.24, 2.45) is 0 Å². The standard InChI is InChI=1S/C8H8O2.C7H6O2.2C2H6/c1-2-4-8-7(3-1)9-5-6-10-8;1-2-4-7-6(3-1)8-5-9-7;2*1-2/h1-4H,5-6H2;1-4H,5H2;2*1-2H3. The van der Waals surface area contributed by atoms with Gasteiger partial charge < -0.3 is 18.9 Å². The third-order valence-electron chi connectivity index (χ3n) is 2.73. The lowest BCUT2D eigenvalue weighted by molar-refractivity contribution is 0.171. The van der Waals surface area contributed by atoms with Crippen LogP contribution in [0.1, 0.15) is 27.7 Å². The molecule has 4 nitrogen and oxygen atoms in total. The van der Waals surface area contributed by atoms with Gasteiger partial charge in [0.1, 0.15) is 13.2 Å². The van der Waals surface area contributed by atoms with Crippen molar-refractivity contribution in [3.63, 3.8) is 0 Å². The molecule has 2 aromatic carbocycles. The summed E-state index contributed by atoms with van der Waals surface area (Å²) < 4.78 is 20.7. The molecule has 0 unspecified atom stereocenters. The van der Waals surface area contributed by atoms with Crippen molar-refractivity contribution in [2.75, 3.05) is 20.0 Å². The van der Waals surface area contributed by atoms with E-state index in [2.05, 4.69) is 0 Å². The zero-order chi connectivity index (χ0) is 16.9. The summed E-state index contributed by atoms with van der Waals surface area (Å²) in [7, 11) is 0. The summed E-state index contributed by atoms with van der Waals surface area (Å²) in [5, 5.41) is 0. The highest BCUT2D eigenvalue weighted by atomic mass is 16.7. The molecule has 2 heterocycles. The van der Waals surface area contributed by atoms with Gasteiger partial charge in [-0.25, -0.2) is 0 Å². The van der Waals surface area contributed by atoms with Gasteiger partial charge in [0.15, 0.2) is 23.0 Å². The molecule has 0 amide bonds. The summed E-state index contributed by atoms with van der Waals surface area (Å²) >= 11 is 0. The Labute approximate surface area is 139 Å². The fourth-order valence-electron chi connectivity index (χ4n) is 1.84.